The van der Waals surface area contributed by atoms with Crippen molar-refractivity contribution in [1.29, 1.82) is 0 Å². The number of hydrogen-bond donors (Lipinski definition) is 1. The van der Waals surface area contributed by atoms with Gasteiger partial charge >= 0.3 is 12.1 Å². The number of hydrogen-bond acceptors (Lipinski definition) is 5. The van der Waals surface area contributed by atoms with Crippen molar-refractivity contribution in [2.24, 2.45) is 0 Å². The monoisotopic (exact) mass is 502 g/mol. The number of rotatable bonds is 6. The van der Waals surface area contributed by atoms with Crippen LogP contribution in [0.1, 0.15) is 11.1 Å². The third-order valence-corrected chi connectivity index (χ3v) is 5.22. The van der Waals surface area contributed by atoms with E-state index in [9.17, 15) is 22.8 Å². The lowest BCUT2D eigenvalue weighted by molar-refractivity contribution is -0.142. The molecule has 1 amide bonds. The average molecular weight is 503 g/mol. The predicted molar refractivity (Wildman–Crippen MR) is 120 cm³/mol. The van der Waals surface area contributed by atoms with Crippen LogP contribution in [0, 0.1) is 0 Å². The Balaban J connectivity index is 1.65. The first kappa shape index (κ1) is 24.9. The molecule has 6 nitrogen and oxygen atoms in total. The van der Waals surface area contributed by atoms with Crippen molar-refractivity contribution in [2.75, 3.05) is 43.1 Å². The summed E-state index contributed by atoms with van der Waals surface area (Å²) < 4.78 is 49.7. The summed E-state index contributed by atoms with van der Waals surface area (Å²) in [7, 11) is 0. The second kappa shape index (κ2) is 10.9. The van der Waals surface area contributed by atoms with Crippen molar-refractivity contribution in [3.05, 3.63) is 63.6 Å². The van der Waals surface area contributed by atoms with Gasteiger partial charge < -0.3 is 19.7 Å². The molecule has 0 radical (unpaired) electrons. The smallest absolute Gasteiger partial charge is 0.416 e. The summed E-state index contributed by atoms with van der Waals surface area (Å²) in [6, 6.07) is 7.80. The number of halogens is 5. The highest BCUT2D eigenvalue weighted by atomic mass is 35.5. The Morgan fingerprint density at radius 2 is 1.85 bits per heavy atom. The lowest BCUT2D eigenvalue weighted by Crippen LogP contribution is -2.37. The Bertz CT molecular complexity index is 1050. The van der Waals surface area contributed by atoms with Crippen LogP contribution < -0.4 is 10.2 Å². The molecule has 2 aromatic carbocycles. The molecule has 0 aliphatic carbocycles. The van der Waals surface area contributed by atoms with E-state index in [4.69, 9.17) is 32.7 Å². The number of nitrogens with one attached hydrogen (secondary N) is 1. The van der Waals surface area contributed by atoms with Gasteiger partial charge in [-0.05, 0) is 42.0 Å². The van der Waals surface area contributed by atoms with Crippen LogP contribution in [0.3, 0.4) is 0 Å². The van der Waals surface area contributed by atoms with Gasteiger partial charge in [0.05, 0.1) is 30.2 Å². The van der Waals surface area contributed by atoms with Gasteiger partial charge in [0.25, 0.3) is 5.91 Å². The van der Waals surface area contributed by atoms with Crippen LogP contribution in [0.15, 0.2) is 42.5 Å². The molecule has 0 aromatic heterocycles. The van der Waals surface area contributed by atoms with Crippen molar-refractivity contribution >= 4 is 52.5 Å². The number of carbonyl (C=O) groups excluding carboxylic acids is 2. The molecule has 1 N–H and O–H groups in total. The van der Waals surface area contributed by atoms with Gasteiger partial charge in [-0.25, -0.2) is 4.79 Å². The zero-order chi connectivity index (χ0) is 24.0. The van der Waals surface area contributed by atoms with E-state index in [0.717, 1.165) is 18.2 Å². The van der Waals surface area contributed by atoms with Crippen LogP contribution >= 0.6 is 23.2 Å². The quantitative estimate of drug-likeness (QED) is 0.442. The Kier molecular flexibility index (Phi) is 8.23. The minimum Gasteiger partial charge on any atom is -0.452 e. The maximum atomic E-state index is 13.2. The van der Waals surface area contributed by atoms with Gasteiger partial charge in [-0.1, -0.05) is 29.3 Å². The third kappa shape index (κ3) is 7.12. The lowest BCUT2D eigenvalue weighted by atomic mass is 10.1. The number of amides is 1. The molecule has 0 atom stereocenters. The van der Waals surface area contributed by atoms with E-state index in [1.165, 1.54) is 18.2 Å². The second-order valence-electron chi connectivity index (χ2n) is 6.98. The van der Waals surface area contributed by atoms with Gasteiger partial charge in [-0.2, -0.15) is 13.2 Å². The van der Waals surface area contributed by atoms with Crippen molar-refractivity contribution < 1.29 is 32.2 Å². The van der Waals surface area contributed by atoms with Crippen LogP contribution in [-0.4, -0.2) is 44.8 Å². The summed E-state index contributed by atoms with van der Waals surface area (Å²) in [6.45, 7) is 1.06. The van der Waals surface area contributed by atoms with Crippen LogP contribution in [0.5, 0.6) is 0 Å². The van der Waals surface area contributed by atoms with Crippen LogP contribution in [0.25, 0.3) is 6.08 Å². The first-order chi connectivity index (χ1) is 15.6. The minimum absolute atomic E-state index is 0.0312. The van der Waals surface area contributed by atoms with Crippen molar-refractivity contribution in [3.63, 3.8) is 0 Å². The van der Waals surface area contributed by atoms with Crippen molar-refractivity contribution in [2.45, 2.75) is 6.18 Å². The number of nitrogens with zero attached hydrogens (tertiary/aromatic N) is 1. The molecule has 2 aromatic rings. The second-order valence-corrected chi connectivity index (χ2v) is 7.83. The first-order valence-electron chi connectivity index (χ1n) is 9.77. The highest BCUT2D eigenvalue weighted by Gasteiger charge is 2.32. The molecule has 1 aliphatic rings. The van der Waals surface area contributed by atoms with E-state index in [1.54, 1.807) is 12.1 Å². The standard InChI is InChI=1S/C22H19Cl2F3N2O4/c23-16-4-1-14(17(24)12-16)2-6-21(31)33-13-20(30)28-18-11-15(22(25,26)27)3-5-19(18)29-7-9-32-10-8-29/h1-6,11-12H,7-10,13H2,(H,28,30)/b6-2+. The van der Waals surface area contributed by atoms with Gasteiger partial charge in [-0.15, -0.1) is 0 Å². The van der Waals surface area contributed by atoms with Crippen molar-refractivity contribution in [3.8, 4) is 0 Å². The van der Waals surface area contributed by atoms with Gasteiger partial charge in [0.2, 0.25) is 0 Å². The summed E-state index contributed by atoms with van der Waals surface area (Å²) >= 11 is 11.8. The summed E-state index contributed by atoms with van der Waals surface area (Å²) in [5.74, 6) is -1.61. The van der Waals surface area contributed by atoms with E-state index >= 15 is 0 Å². The van der Waals surface area contributed by atoms with Gasteiger partial charge in [0, 0.05) is 29.2 Å². The van der Waals surface area contributed by atoms with Crippen molar-refractivity contribution in [1.82, 2.24) is 0 Å². The van der Waals surface area contributed by atoms with E-state index in [0.29, 0.717) is 47.6 Å². The molecule has 1 heterocycles. The molecule has 0 bridgehead atoms. The average Bonchev–Trinajstić information content (AvgIpc) is 2.77. The molecule has 1 fully saturated rings. The number of carbonyl (C=O) groups is 2. The maximum Gasteiger partial charge on any atom is 0.416 e. The highest BCUT2D eigenvalue weighted by molar-refractivity contribution is 6.35. The molecule has 33 heavy (non-hydrogen) atoms. The normalized spacial score (nSPS) is 14.4. The number of benzene rings is 2. The number of morpholine rings is 1. The Morgan fingerprint density at radius 1 is 1.12 bits per heavy atom. The predicted octanol–water partition coefficient (Wildman–Crippen LogP) is 5.04. The minimum atomic E-state index is -4.58. The molecule has 3 rings (SSSR count). The van der Waals surface area contributed by atoms with Gasteiger partial charge in [0.1, 0.15) is 0 Å². The van der Waals surface area contributed by atoms with E-state index in [2.05, 4.69) is 5.32 Å². The number of anilines is 2. The number of ether oxygens (including phenoxy) is 2. The molecular weight excluding hydrogens is 484 g/mol. The topological polar surface area (TPSA) is 67.9 Å². The number of alkyl halides is 3. The fourth-order valence-corrected chi connectivity index (χ4v) is 3.53. The summed E-state index contributed by atoms with van der Waals surface area (Å²) in [6.07, 6.45) is -2.11. The van der Waals surface area contributed by atoms with E-state index < -0.39 is 30.2 Å². The molecule has 0 saturated carbocycles. The third-order valence-electron chi connectivity index (χ3n) is 4.66. The largest absolute Gasteiger partial charge is 0.452 e. The maximum absolute atomic E-state index is 13.2. The fourth-order valence-electron chi connectivity index (χ4n) is 3.06. The highest BCUT2D eigenvalue weighted by Crippen LogP contribution is 2.35. The van der Waals surface area contributed by atoms with E-state index in [1.807, 2.05) is 4.90 Å². The molecule has 0 spiro atoms. The molecule has 1 aliphatic heterocycles. The van der Waals surface area contributed by atoms with E-state index in [-0.39, 0.29) is 5.69 Å². The molecule has 11 heteroatoms. The fraction of sp³-hybridized carbons (Fsp3) is 0.273. The van der Waals surface area contributed by atoms with Gasteiger partial charge in [-0.3, -0.25) is 4.79 Å². The summed E-state index contributed by atoms with van der Waals surface area (Å²) in [5.41, 5.74) is -0.00400. The summed E-state index contributed by atoms with van der Waals surface area (Å²) in [4.78, 5) is 26.0. The van der Waals surface area contributed by atoms with Crippen LogP contribution in [-0.2, 0) is 25.2 Å². The Labute approximate surface area is 197 Å². The number of esters is 1. The first-order valence-corrected chi connectivity index (χ1v) is 10.5. The zero-order valence-electron chi connectivity index (χ0n) is 17.1. The van der Waals surface area contributed by atoms with Crippen LogP contribution in [0.4, 0.5) is 24.5 Å². The molecule has 0 unspecified atom stereocenters. The van der Waals surface area contributed by atoms with Gasteiger partial charge in [0.15, 0.2) is 6.61 Å². The SMILES string of the molecule is O=C(COC(=O)/C=C/c1ccc(Cl)cc1Cl)Nc1cc(C(F)(F)F)ccc1N1CCOCC1. The lowest BCUT2D eigenvalue weighted by Gasteiger charge is -2.31. The van der Waals surface area contributed by atoms with Crippen LogP contribution in [0.2, 0.25) is 10.0 Å². The Morgan fingerprint density at radius 3 is 2.52 bits per heavy atom. The zero-order valence-corrected chi connectivity index (χ0v) is 18.6. The molecule has 1 saturated heterocycles. The summed E-state index contributed by atoms with van der Waals surface area (Å²) in [5, 5.41) is 3.16. The molecule has 176 valence electrons. The Hall–Kier alpha value is -2.75. The molecular formula is C22H19Cl2F3N2O4.